The van der Waals surface area contributed by atoms with Gasteiger partial charge in [0.25, 0.3) is 0 Å². The van der Waals surface area contributed by atoms with Crippen molar-refractivity contribution < 1.29 is 28.6 Å². The average Bonchev–Trinajstić information content (AvgIpc) is 3.47. The maximum absolute atomic E-state index is 12.9. The predicted molar refractivity (Wildman–Crippen MR) is 352 cm³/mol. The topological polar surface area (TPSA) is 78.9 Å². The van der Waals surface area contributed by atoms with Crippen LogP contribution in [0.2, 0.25) is 0 Å². The summed E-state index contributed by atoms with van der Waals surface area (Å²) in [7, 11) is 0. The van der Waals surface area contributed by atoms with Crippen molar-refractivity contribution in [1.29, 1.82) is 0 Å². The third kappa shape index (κ3) is 65.2. The number of esters is 3. The number of hydrogen-bond donors (Lipinski definition) is 0. The average molecular weight is 1110 g/mol. The van der Waals surface area contributed by atoms with E-state index >= 15 is 0 Å². The molecule has 81 heavy (non-hydrogen) atoms. The van der Waals surface area contributed by atoms with Crippen molar-refractivity contribution in [3.8, 4) is 0 Å². The zero-order chi connectivity index (χ0) is 58.5. The second-order valence-corrected chi connectivity index (χ2v) is 20.5. The van der Waals surface area contributed by atoms with E-state index in [4.69, 9.17) is 14.2 Å². The molecule has 0 aromatic rings. The van der Waals surface area contributed by atoms with E-state index in [2.05, 4.69) is 203 Å². The third-order valence-corrected chi connectivity index (χ3v) is 12.9. The minimum atomic E-state index is -0.818. The van der Waals surface area contributed by atoms with E-state index in [0.29, 0.717) is 12.8 Å². The van der Waals surface area contributed by atoms with Gasteiger partial charge >= 0.3 is 17.9 Å². The molecule has 0 bridgehead atoms. The van der Waals surface area contributed by atoms with E-state index in [1.807, 2.05) is 0 Å². The van der Waals surface area contributed by atoms with Crippen LogP contribution >= 0.6 is 0 Å². The first kappa shape index (κ1) is 75.5. The predicted octanol–water partition coefficient (Wildman–Crippen LogP) is 22.4. The van der Waals surface area contributed by atoms with Crippen molar-refractivity contribution in [2.75, 3.05) is 13.2 Å². The summed E-state index contributed by atoms with van der Waals surface area (Å²) in [6, 6.07) is 0. The van der Waals surface area contributed by atoms with Crippen molar-refractivity contribution >= 4 is 17.9 Å². The molecule has 0 aliphatic carbocycles. The van der Waals surface area contributed by atoms with Crippen molar-refractivity contribution in [3.05, 3.63) is 182 Å². The third-order valence-electron chi connectivity index (χ3n) is 12.9. The number of unbranched alkanes of at least 4 members (excludes halogenated alkanes) is 15. The molecule has 6 heteroatoms. The molecule has 6 nitrogen and oxygen atoms in total. The van der Waals surface area contributed by atoms with Gasteiger partial charge in [0.15, 0.2) is 6.10 Å². The van der Waals surface area contributed by atoms with Crippen LogP contribution in [0.4, 0.5) is 0 Å². The zero-order valence-electron chi connectivity index (χ0n) is 51.7. The van der Waals surface area contributed by atoms with Crippen molar-refractivity contribution in [2.24, 2.45) is 0 Å². The lowest BCUT2D eigenvalue weighted by Gasteiger charge is -2.18. The lowest BCUT2D eigenvalue weighted by atomic mass is 10.1. The Morgan fingerprint density at radius 2 is 0.444 bits per heavy atom. The SMILES string of the molecule is CC/C=C\C/C=C\C/C=C\C/C=C\C/C=C\C/C=C\CCCCCCCCC(=O)OCC(COC(=O)CCCCCCC/C=C\C/C=C\C/C=C\CC)OC(=O)CCCCCC/C=C\C/C=C\C/C=C\C/C=C\C/C=C\C/C=C\CC. The molecule has 0 fully saturated rings. The molecule has 0 aliphatic heterocycles. The Kier molecular flexibility index (Phi) is 62.5. The van der Waals surface area contributed by atoms with Crippen molar-refractivity contribution in [2.45, 2.75) is 258 Å². The fourth-order valence-electron chi connectivity index (χ4n) is 8.17. The van der Waals surface area contributed by atoms with E-state index in [1.54, 1.807) is 0 Å². The minimum absolute atomic E-state index is 0.112. The molecule has 0 rings (SSSR count). The normalized spacial score (nSPS) is 13.4. The first-order valence-electron chi connectivity index (χ1n) is 32.3. The molecule has 0 radical (unpaired) electrons. The van der Waals surface area contributed by atoms with Crippen LogP contribution in [0.1, 0.15) is 252 Å². The molecule has 0 saturated heterocycles. The quantitative estimate of drug-likeness (QED) is 0.0261. The highest BCUT2D eigenvalue weighted by Crippen LogP contribution is 2.13. The molecule has 1 atom stereocenters. The van der Waals surface area contributed by atoms with Crippen LogP contribution in [0, 0.1) is 0 Å². The summed E-state index contributed by atoms with van der Waals surface area (Å²) in [4.78, 5) is 38.4. The summed E-state index contributed by atoms with van der Waals surface area (Å²) < 4.78 is 16.9. The van der Waals surface area contributed by atoms with Crippen molar-refractivity contribution in [3.63, 3.8) is 0 Å². The van der Waals surface area contributed by atoms with E-state index in [0.717, 1.165) is 199 Å². The first-order valence-corrected chi connectivity index (χ1v) is 32.3. The first-order chi connectivity index (χ1) is 40.0. The summed E-state index contributed by atoms with van der Waals surface area (Å²) in [5.41, 5.74) is 0. The molecule has 0 saturated carbocycles. The Hall–Kier alpha value is -5.49. The highest BCUT2D eigenvalue weighted by Gasteiger charge is 2.19. The minimum Gasteiger partial charge on any atom is -0.462 e. The van der Waals surface area contributed by atoms with Gasteiger partial charge in [-0.2, -0.15) is 0 Å². The van der Waals surface area contributed by atoms with Gasteiger partial charge in [0, 0.05) is 19.3 Å². The van der Waals surface area contributed by atoms with Gasteiger partial charge in [-0.1, -0.05) is 261 Å². The molecule has 0 aromatic heterocycles. The zero-order valence-corrected chi connectivity index (χ0v) is 51.7. The molecule has 0 heterocycles. The molecular weight excluding hydrogens is 997 g/mol. The van der Waals surface area contributed by atoms with Gasteiger partial charge in [-0.3, -0.25) is 14.4 Å². The molecule has 452 valence electrons. The van der Waals surface area contributed by atoms with Crippen LogP contribution < -0.4 is 0 Å². The molecule has 0 aromatic carbocycles. The standard InChI is InChI=1S/C75H116O6/c1-4-7-10-13-16-19-22-25-28-30-32-34-36-37-39-40-42-44-47-50-53-56-59-62-65-68-74(77)80-71-72(70-79-73(76)67-64-61-58-55-52-49-46-27-24-21-18-15-12-9-6-3)81-75(78)69-66-63-60-57-54-51-48-45-43-41-38-35-33-31-29-26-23-20-17-14-11-8-5-2/h7-12,16-21,25-29,32-35,37,39,41-44,46,48,51,72H,4-6,13-15,22-24,30-31,36,38,40,45,47,49-50,52-71H2,1-3H3/b10-7-,11-8-,12-9-,19-16-,20-17-,21-18-,28-25-,29-26-,34-32-,35-33-,39-37-,43-41-,44-42-,46-27-,51-48-. The number of hydrogen-bond acceptors (Lipinski definition) is 6. The van der Waals surface area contributed by atoms with Gasteiger partial charge in [0.2, 0.25) is 0 Å². The fourth-order valence-corrected chi connectivity index (χ4v) is 8.17. The Labute approximate surface area is 497 Å². The number of allylic oxidation sites excluding steroid dienone is 30. The summed E-state index contributed by atoms with van der Waals surface area (Å²) >= 11 is 0. The molecule has 0 amide bonds. The van der Waals surface area contributed by atoms with Gasteiger partial charge in [-0.15, -0.1) is 0 Å². The number of carbonyl (C=O) groups excluding carboxylic acids is 3. The maximum atomic E-state index is 12.9. The largest absolute Gasteiger partial charge is 0.462 e. The Morgan fingerprint density at radius 3 is 0.691 bits per heavy atom. The van der Waals surface area contributed by atoms with Crippen LogP contribution in [-0.2, 0) is 28.6 Å². The second kappa shape index (κ2) is 67.0. The van der Waals surface area contributed by atoms with Gasteiger partial charge in [-0.05, 0) is 154 Å². The molecule has 0 aliphatic rings. The summed E-state index contributed by atoms with van der Waals surface area (Å²) in [6.45, 7) is 6.24. The Morgan fingerprint density at radius 1 is 0.247 bits per heavy atom. The second-order valence-electron chi connectivity index (χ2n) is 20.5. The lowest BCUT2D eigenvalue weighted by Crippen LogP contribution is -2.30. The van der Waals surface area contributed by atoms with E-state index in [9.17, 15) is 14.4 Å². The van der Waals surface area contributed by atoms with Gasteiger partial charge in [0.05, 0.1) is 0 Å². The molecule has 1 unspecified atom stereocenters. The fraction of sp³-hybridized carbons (Fsp3) is 0.560. The number of carbonyl (C=O) groups is 3. The summed E-state index contributed by atoms with van der Waals surface area (Å²) in [5.74, 6) is -0.974. The Balaban J connectivity index is 4.51. The van der Waals surface area contributed by atoms with Gasteiger partial charge in [-0.25, -0.2) is 0 Å². The van der Waals surface area contributed by atoms with E-state index in [1.165, 1.54) is 12.8 Å². The van der Waals surface area contributed by atoms with Crippen LogP contribution in [-0.4, -0.2) is 37.2 Å². The van der Waals surface area contributed by atoms with Crippen molar-refractivity contribution in [1.82, 2.24) is 0 Å². The van der Waals surface area contributed by atoms with E-state index in [-0.39, 0.29) is 37.5 Å². The van der Waals surface area contributed by atoms with E-state index < -0.39 is 6.10 Å². The van der Waals surface area contributed by atoms with Crippen LogP contribution in [0.25, 0.3) is 0 Å². The summed E-state index contributed by atoms with van der Waals surface area (Å²) in [5, 5.41) is 0. The Bertz CT molecular complexity index is 1900. The maximum Gasteiger partial charge on any atom is 0.306 e. The van der Waals surface area contributed by atoms with Crippen LogP contribution in [0.15, 0.2) is 182 Å². The van der Waals surface area contributed by atoms with Crippen LogP contribution in [0.3, 0.4) is 0 Å². The monoisotopic (exact) mass is 1110 g/mol. The molecular formula is C75H116O6. The van der Waals surface area contributed by atoms with Crippen LogP contribution in [0.5, 0.6) is 0 Å². The van der Waals surface area contributed by atoms with Gasteiger partial charge < -0.3 is 14.2 Å². The smallest absolute Gasteiger partial charge is 0.306 e. The molecule has 0 N–H and O–H groups in total. The molecule has 0 spiro atoms. The highest BCUT2D eigenvalue weighted by atomic mass is 16.6. The summed E-state index contributed by atoms with van der Waals surface area (Å²) in [6.07, 6.45) is 100. The highest BCUT2D eigenvalue weighted by molar-refractivity contribution is 5.71. The van der Waals surface area contributed by atoms with Gasteiger partial charge in [0.1, 0.15) is 13.2 Å². The number of ether oxygens (including phenoxy) is 3. The number of rotatable bonds is 56. The lowest BCUT2D eigenvalue weighted by molar-refractivity contribution is -0.167.